The Morgan fingerprint density at radius 3 is 2.68 bits per heavy atom. The smallest absolute Gasteiger partial charge is 0.200 e. The lowest BCUT2D eigenvalue weighted by atomic mass is 9.99. The summed E-state index contributed by atoms with van der Waals surface area (Å²) in [7, 11) is 1.91. The van der Waals surface area contributed by atoms with Crippen molar-refractivity contribution in [3.8, 4) is 5.75 Å². The van der Waals surface area contributed by atoms with Crippen LogP contribution in [0.1, 0.15) is 24.9 Å². The van der Waals surface area contributed by atoms with Crippen LogP contribution >= 0.6 is 0 Å². The first-order chi connectivity index (χ1) is 9.08. The van der Waals surface area contributed by atoms with E-state index in [0.29, 0.717) is 24.6 Å². The van der Waals surface area contributed by atoms with Crippen LogP contribution in [0, 0.1) is 17.6 Å². The first kappa shape index (κ1) is 14.2. The topological polar surface area (TPSA) is 38.5 Å². The Bertz CT molecular complexity index is 453. The van der Waals surface area contributed by atoms with Crippen molar-refractivity contribution >= 4 is 0 Å². The average molecular weight is 270 g/mol. The molecule has 2 rings (SSSR count). The third-order valence-electron chi connectivity index (χ3n) is 3.70. The second-order valence-corrected chi connectivity index (χ2v) is 5.01. The molecule has 0 saturated carbocycles. The summed E-state index contributed by atoms with van der Waals surface area (Å²) in [6, 6.07) is 3.00. The molecule has 1 aromatic carbocycles. The Hall–Kier alpha value is -1.20. The summed E-state index contributed by atoms with van der Waals surface area (Å²) in [5, 5.41) is 0. The monoisotopic (exact) mass is 270 g/mol. The number of halogens is 2. The number of benzene rings is 1. The van der Waals surface area contributed by atoms with Gasteiger partial charge in [-0.15, -0.1) is 0 Å². The lowest BCUT2D eigenvalue weighted by Crippen LogP contribution is -2.21. The Kier molecular flexibility index (Phi) is 4.37. The molecule has 1 aliphatic rings. The van der Waals surface area contributed by atoms with E-state index in [1.807, 2.05) is 11.9 Å². The second kappa shape index (κ2) is 5.84. The van der Waals surface area contributed by atoms with Crippen LogP contribution in [0.2, 0.25) is 0 Å². The molecule has 5 heteroatoms. The second-order valence-electron chi connectivity index (χ2n) is 5.01. The highest BCUT2D eigenvalue weighted by Crippen LogP contribution is 2.37. The minimum atomic E-state index is -0.899. The van der Waals surface area contributed by atoms with Gasteiger partial charge in [-0.2, -0.15) is 4.39 Å². The number of nitrogens with zero attached hydrogens (tertiary/aromatic N) is 1. The van der Waals surface area contributed by atoms with E-state index in [9.17, 15) is 8.78 Å². The molecular weight excluding hydrogens is 250 g/mol. The molecule has 1 aromatic rings. The van der Waals surface area contributed by atoms with E-state index in [4.69, 9.17) is 10.5 Å². The number of hydrogen-bond acceptors (Lipinski definition) is 3. The van der Waals surface area contributed by atoms with Gasteiger partial charge in [0.05, 0.1) is 6.61 Å². The summed E-state index contributed by atoms with van der Waals surface area (Å²) in [5.41, 5.74) is 6.04. The predicted octanol–water partition coefficient (Wildman–Crippen LogP) is 2.32. The molecule has 1 aliphatic heterocycles. The summed E-state index contributed by atoms with van der Waals surface area (Å²) in [6.07, 6.45) is 0.761. The van der Waals surface area contributed by atoms with Gasteiger partial charge in [-0.05, 0) is 38.9 Å². The molecule has 2 unspecified atom stereocenters. The van der Waals surface area contributed by atoms with Crippen molar-refractivity contribution in [3.63, 3.8) is 0 Å². The van der Waals surface area contributed by atoms with Gasteiger partial charge >= 0.3 is 0 Å². The van der Waals surface area contributed by atoms with Crippen LogP contribution in [-0.2, 0) is 0 Å². The Balaban J connectivity index is 2.28. The van der Waals surface area contributed by atoms with Crippen molar-refractivity contribution in [2.75, 3.05) is 26.7 Å². The molecule has 106 valence electrons. The zero-order valence-corrected chi connectivity index (χ0v) is 11.3. The molecule has 1 heterocycles. The molecule has 0 aromatic heterocycles. The largest absolute Gasteiger partial charge is 0.491 e. The lowest BCUT2D eigenvalue weighted by molar-refractivity contribution is 0.293. The van der Waals surface area contributed by atoms with E-state index >= 15 is 0 Å². The maximum Gasteiger partial charge on any atom is 0.200 e. The van der Waals surface area contributed by atoms with Crippen molar-refractivity contribution in [2.45, 2.75) is 19.4 Å². The molecule has 2 atom stereocenters. The fourth-order valence-corrected chi connectivity index (χ4v) is 2.71. The Morgan fingerprint density at radius 2 is 2.11 bits per heavy atom. The zero-order chi connectivity index (χ0) is 14.0. The highest BCUT2D eigenvalue weighted by Gasteiger charge is 2.32. The van der Waals surface area contributed by atoms with Crippen LogP contribution in [0.3, 0.4) is 0 Å². The van der Waals surface area contributed by atoms with Crippen molar-refractivity contribution in [2.24, 2.45) is 11.7 Å². The Labute approximate surface area is 112 Å². The summed E-state index contributed by atoms with van der Waals surface area (Å²) in [6.45, 7) is 3.44. The van der Waals surface area contributed by atoms with Crippen LogP contribution in [0.5, 0.6) is 5.75 Å². The fourth-order valence-electron chi connectivity index (χ4n) is 2.71. The molecule has 1 fully saturated rings. The van der Waals surface area contributed by atoms with E-state index < -0.39 is 11.6 Å². The first-order valence-corrected chi connectivity index (χ1v) is 6.59. The third-order valence-corrected chi connectivity index (χ3v) is 3.70. The minimum Gasteiger partial charge on any atom is -0.491 e. The van der Waals surface area contributed by atoms with Crippen molar-refractivity contribution in [1.82, 2.24) is 4.90 Å². The van der Waals surface area contributed by atoms with E-state index in [1.54, 1.807) is 13.0 Å². The van der Waals surface area contributed by atoms with E-state index in [2.05, 4.69) is 0 Å². The van der Waals surface area contributed by atoms with Gasteiger partial charge in [-0.1, -0.05) is 6.07 Å². The maximum atomic E-state index is 14.1. The molecule has 0 amide bonds. The summed E-state index contributed by atoms with van der Waals surface area (Å²) in [4.78, 5) is 2.02. The lowest BCUT2D eigenvalue weighted by Gasteiger charge is -2.21. The van der Waals surface area contributed by atoms with E-state index in [-0.39, 0.29) is 11.8 Å². The molecule has 0 radical (unpaired) electrons. The fraction of sp³-hybridized carbons (Fsp3) is 0.571. The quantitative estimate of drug-likeness (QED) is 0.912. The highest BCUT2D eigenvalue weighted by molar-refractivity contribution is 5.33. The summed E-state index contributed by atoms with van der Waals surface area (Å²) < 4.78 is 33.0. The molecule has 0 bridgehead atoms. The predicted molar refractivity (Wildman–Crippen MR) is 70.1 cm³/mol. The molecule has 19 heavy (non-hydrogen) atoms. The van der Waals surface area contributed by atoms with Gasteiger partial charge in [0.15, 0.2) is 11.6 Å². The van der Waals surface area contributed by atoms with E-state index in [1.165, 1.54) is 6.07 Å². The van der Waals surface area contributed by atoms with E-state index in [0.717, 1.165) is 13.0 Å². The third kappa shape index (κ3) is 2.72. The first-order valence-electron chi connectivity index (χ1n) is 6.59. The number of nitrogens with two attached hydrogens (primary N) is 1. The minimum absolute atomic E-state index is 0.0280. The van der Waals surface area contributed by atoms with Crippen molar-refractivity contribution in [3.05, 3.63) is 29.3 Å². The van der Waals surface area contributed by atoms with Gasteiger partial charge in [0.25, 0.3) is 0 Å². The SMILES string of the molecule is CCOc1ccc(C2CC(CN)CN2C)c(F)c1F. The van der Waals surface area contributed by atoms with Crippen LogP contribution in [0.4, 0.5) is 8.78 Å². The summed E-state index contributed by atoms with van der Waals surface area (Å²) >= 11 is 0. The van der Waals surface area contributed by atoms with Crippen LogP contribution in [-0.4, -0.2) is 31.6 Å². The van der Waals surface area contributed by atoms with Gasteiger partial charge in [0, 0.05) is 18.2 Å². The molecule has 2 N–H and O–H groups in total. The number of hydrogen-bond donors (Lipinski definition) is 1. The van der Waals surface area contributed by atoms with Gasteiger partial charge in [-0.25, -0.2) is 4.39 Å². The van der Waals surface area contributed by atoms with Crippen LogP contribution < -0.4 is 10.5 Å². The van der Waals surface area contributed by atoms with Crippen LogP contribution in [0.15, 0.2) is 12.1 Å². The standard InChI is InChI=1S/C14H20F2N2O/c1-3-19-12-5-4-10(13(15)14(12)16)11-6-9(7-17)8-18(11)2/h4-5,9,11H,3,6-8,17H2,1-2H3. The van der Waals surface area contributed by atoms with Gasteiger partial charge in [0.1, 0.15) is 0 Å². The number of likely N-dealkylation sites (tertiary alicyclic amines) is 1. The normalized spacial score (nSPS) is 23.8. The number of ether oxygens (including phenoxy) is 1. The van der Waals surface area contributed by atoms with Gasteiger partial charge < -0.3 is 10.5 Å². The van der Waals surface area contributed by atoms with Gasteiger partial charge in [-0.3, -0.25) is 4.90 Å². The average Bonchev–Trinajstić information content (AvgIpc) is 2.77. The van der Waals surface area contributed by atoms with Gasteiger partial charge in [0.2, 0.25) is 5.82 Å². The maximum absolute atomic E-state index is 14.1. The molecule has 3 nitrogen and oxygen atoms in total. The molecule has 1 saturated heterocycles. The number of rotatable bonds is 4. The Morgan fingerprint density at radius 1 is 1.37 bits per heavy atom. The molecular formula is C14H20F2N2O. The van der Waals surface area contributed by atoms with Crippen LogP contribution in [0.25, 0.3) is 0 Å². The molecule has 0 spiro atoms. The summed E-state index contributed by atoms with van der Waals surface area (Å²) in [5.74, 6) is -1.40. The zero-order valence-electron chi connectivity index (χ0n) is 11.3. The molecule has 0 aliphatic carbocycles. The van der Waals surface area contributed by atoms with Crippen molar-refractivity contribution < 1.29 is 13.5 Å². The van der Waals surface area contributed by atoms with Crippen molar-refractivity contribution in [1.29, 1.82) is 0 Å². The highest BCUT2D eigenvalue weighted by atomic mass is 19.2.